The minimum atomic E-state index is -0.175. The first-order valence-corrected chi connectivity index (χ1v) is 13.4. The number of benzene rings is 2. The van der Waals surface area contributed by atoms with E-state index in [1.807, 2.05) is 44.2 Å². The molecular formula is C26H24ClN3O2S2. The van der Waals surface area contributed by atoms with Crippen LogP contribution in [0.25, 0.3) is 15.9 Å². The Balaban J connectivity index is 1.52. The number of hydrogen-bond acceptors (Lipinski definition) is 5. The maximum Gasteiger partial charge on any atom is 0.267 e. The smallest absolute Gasteiger partial charge is 0.267 e. The molecule has 174 valence electrons. The van der Waals surface area contributed by atoms with Crippen LogP contribution in [0.3, 0.4) is 0 Å². The molecular weight excluding hydrogens is 486 g/mol. The molecule has 1 aliphatic carbocycles. The van der Waals surface area contributed by atoms with Crippen molar-refractivity contribution in [3.8, 4) is 5.69 Å². The Morgan fingerprint density at radius 2 is 1.91 bits per heavy atom. The predicted octanol–water partition coefficient (Wildman–Crippen LogP) is 6.33. The van der Waals surface area contributed by atoms with E-state index >= 15 is 0 Å². The topological polar surface area (TPSA) is 64.0 Å². The molecule has 0 bridgehead atoms. The summed E-state index contributed by atoms with van der Waals surface area (Å²) in [6.07, 6.45) is 4.18. The SMILES string of the molecule is Cc1ccc(-n2c(SCC(=O)Nc3cccc(Cl)c3C)nc3sc4c(c3c2=O)CCCC4)cc1. The van der Waals surface area contributed by atoms with E-state index in [1.54, 1.807) is 28.0 Å². The molecule has 0 atom stereocenters. The lowest BCUT2D eigenvalue weighted by Gasteiger charge is -2.14. The zero-order valence-electron chi connectivity index (χ0n) is 19.0. The van der Waals surface area contributed by atoms with E-state index in [2.05, 4.69) is 5.32 Å². The molecule has 0 saturated heterocycles. The molecule has 5 nitrogen and oxygen atoms in total. The minimum absolute atomic E-state index is 0.0538. The average Bonchev–Trinajstić information content (AvgIpc) is 3.20. The first-order valence-electron chi connectivity index (χ1n) is 11.2. The van der Waals surface area contributed by atoms with Crippen LogP contribution in [0, 0.1) is 13.8 Å². The second kappa shape index (κ2) is 9.56. The molecule has 0 fully saturated rings. The number of anilines is 1. The highest BCUT2D eigenvalue weighted by Crippen LogP contribution is 2.35. The normalized spacial score (nSPS) is 13.1. The summed E-state index contributed by atoms with van der Waals surface area (Å²) in [6.45, 7) is 3.88. The van der Waals surface area contributed by atoms with Crippen molar-refractivity contribution >= 4 is 56.5 Å². The van der Waals surface area contributed by atoms with Crippen LogP contribution in [0.5, 0.6) is 0 Å². The molecule has 2 aromatic carbocycles. The summed E-state index contributed by atoms with van der Waals surface area (Å²) in [4.78, 5) is 33.5. The van der Waals surface area contributed by atoms with Crippen LogP contribution in [0.1, 0.15) is 34.4 Å². The lowest BCUT2D eigenvalue weighted by Crippen LogP contribution is -2.23. The van der Waals surface area contributed by atoms with Crippen LogP contribution in [0.2, 0.25) is 5.02 Å². The van der Waals surface area contributed by atoms with Gasteiger partial charge >= 0.3 is 0 Å². The maximum atomic E-state index is 13.8. The van der Waals surface area contributed by atoms with Crippen molar-refractivity contribution in [3.63, 3.8) is 0 Å². The van der Waals surface area contributed by atoms with E-state index < -0.39 is 0 Å². The maximum absolute atomic E-state index is 13.8. The van der Waals surface area contributed by atoms with Crippen molar-refractivity contribution in [1.29, 1.82) is 0 Å². The summed E-state index contributed by atoms with van der Waals surface area (Å²) in [5, 5.41) is 4.79. The highest BCUT2D eigenvalue weighted by Gasteiger charge is 2.23. The summed E-state index contributed by atoms with van der Waals surface area (Å²) in [7, 11) is 0. The van der Waals surface area contributed by atoms with Gasteiger partial charge < -0.3 is 5.32 Å². The van der Waals surface area contributed by atoms with Crippen LogP contribution < -0.4 is 10.9 Å². The van der Waals surface area contributed by atoms with Gasteiger partial charge in [-0.25, -0.2) is 4.98 Å². The summed E-state index contributed by atoms with van der Waals surface area (Å²) >= 11 is 9.08. The minimum Gasteiger partial charge on any atom is -0.325 e. The number of rotatable bonds is 5. The van der Waals surface area contributed by atoms with Crippen LogP contribution in [-0.2, 0) is 17.6 Å². The molecule has 0 spiro atoms. The third kappa shape index (κ3) is 4.40. The Kier molecular flexibility index (Phi) is 6.51. The summed E-state index contributed by atoms with van der Waals surface area (Å²) in [5.41, 5.74) is 4.49. The van der Waals surface area contributed by atoms with Gasteiger partial charge in [0.2, 0.25) is 5.91 Å². The number of aryl methyl sites for hydroxylation is 3. The molecule has 1 N–H and O–H groups in total. The summed E-state index contributed by atoms with van der Waals surface area (Å²) < 4.78 is 1.66. The average molecular weight is 510 g/mol. The molecule has 1 amide bonds. The molecule has 0 aliphatic heterocycles. The van der Waals surface area contributed by atoms with Crippen molar-refractivity contribution in [1.82, 2.24) is 9.55 Å². The number of nitrogens with one attached hydrogen (secondary N) is 1. The number of hydrogen-bond donors (Lipinski definition) is 1. The highest BCUT2D eigenvalue weighted by molar-refractivity contribution is 7.99. The molecule has 0 radical (unpaired) electrons. The Bertz CT molecular complexity index is 1460. The van der Waals surface area contributed by atoms with Gasteiger partial charge in [-0.2, -0.15) is 0 Å². The van der Waals surface area contributed by atoms with E-state index in [4.69, 9.17) is 16.6 Å². The van der Waals surface area contributed by atoms with Gasteiger partial charge in [-0.1, -0.05) is 47.1 Å². The second-order valence-electron chi connectivity index (χ2n) is 8.51. The van der Waals surface area contributed by atoms with Crippen molar-refractivity contribution in [2.45, 2.75) is 44.7 Å². The third-order valence-corrected chi connectivity index (χ3v) is 8.66. The van der Waals surface area contributed by atoms with E-state index in [9.17, 15) is 9.59 Å². The quantitative estimate of drug-likeness (QED) is 0.252. The van der Waals surface area contributed by atoms with Gasteiger partial charge in [-0.15, -0.1) is 11.3 Å². The number of carbonyl (C=O) groups excluding carboxylic acids is 1. The van der Waals surface area contributed by atoms with Crippen LogP contribution in [0.4, 0.5) is 5.69 Å². The van der Waals surface area contributed by atoms with E-state index in [0.717, 1.165) is 58.3 Å². The number of fused-ring (bicyclic) bond motifs is 3. The molecule has 4 aromatic rings. The van der Waals surface area contributed by atoms with E-state index in [0.29, 0.717) is 15.9 Å². The largest absolute Gasteiger partial charge is 0.325 e. The monoisotopic (exact) mass is 509 g/mol. The van der Waals surface area contributed by atoms with Gasteiger partial charge in [0.25, 0.3) is 5.56 Å². The molecule has 2 heterocycles. The van der Waals surface area contributed by atoms with Gasteiger partial charge in [0.05, 0.1) is 16.8 Å². The summed E-state index contributed by atoms with van der Waals surface area (Å²) in [6, 6.07) is 13.3. The Hall–Kier alpha value is -2.61. The van der Waals surface area contributed by atoms with Crippen molar-refractivity contribution in [3.05, 3.63) is 79.4 Å². The number of thioether (sulfide) groups is 1. The Morgan fingerprint density at radius 1 is 1.15 bits per heavy atom. The van der Waals surface area contributed by atoms with Crippen LogP contribution in [-0.4, -0.2) is 21.2 Å². The first kappa shape index (κ1) is 23.1. The standard InChI is InChI=1S/C26H24ClN3O2S2/c1-15-10-12-17(13-11-15)30-25(32)23-18-6-3-4-9-21(18)34-24(23)29-26(30)33-14-22(31)28-20-8-5-7-19(27)16(20)2/h5,7-8,10-13H,3-4,6,9,14H2,1-2H3,(H,28,31). The van der Waals surface area contributed by atoms with Crippen LogP contribution >= 0.6 is 34.7 Å². The number of thiophene rings is 1. The fraction of sp³-hybridized carbons (Fsp3) is 0.269. The lowest BCUT2D eigenvalue weighted by molar-refractivity contribution is -0.113. The van der Waals surface area contributed by atoms with Gasteiger partial charge in [0.15, 0.2) is 5.16 Å². The first-order chi connectivity index (χ1) is 16.4. The number of amides is 1. The molecule has 2 aromatic heterocycles. The van der Waals surface area contributed by atoms with Gasteiger partial charge in [-0.05, 0) is 74.9 Å². The fourth-order valence-corrected chi connectivity index (χ4v) is 6.55. The van der Waals surface area contributed by atoms with Crippen molar-refractivity contribution in [2.75, 3.05) is 11.1 Å². The molecule has 5 rings (SSSR count). The van der Waals surface area contributed by atoms with Crippen molar-refractivity contribution < 1.29 is 4.79 Å². The zero-order chi connectivity index (χ0) is 23.8. The van der Waals surface area contributed by atoms with Crippen molar-refractivity contribution in [2.24, 2.45) is 0 Å². The third-order valence-electron chi connectivity index (χ3n) is 6.12. The molecule has 0 saturated carbocycles. The molecule has 0 unspecified atom stereocenters. The number of halogens is 1. The number of carbonyl (C=O) groups is 1. The number of nitrogens with zero attached hydrogens (tertiary/aromatic N) is 2. The van der Waals surface area contributed by atoms with Gasteiger partial charge in [0, 0.05) is 15.6 Å². The zero-order valence-corrected chi connectivity index (χ0v) is 21.4. The molecule has 8 heteroatoms. The second-order valence-corrected chi connectivity index (χ2v) is 10.9. The predicted molar refractivity (Wildman–Crippen MR) is 142 cm³/mol. The van der Waals surface area contributed by atoms with Gasteiger partial charge in [-0.3, -0.25) is 14.2 Å². The fourth-order valence-electron chi connectivity index (χ4n) is 4.26. The Labute approximate surface area is 211 Å². The molecule has 34 heavy (non-hydrogen) atoms. The van der Waals surface area contributed by atoms with Gasteiger partial charge in [0.1, 0.15) is 4.83 Å². The van der Waals surface area contributed by atoms with Crippen LogP contribution in [0.15, 0.2) is 52.4 Å². The lowest BCUT2D eigenvalue weighted by atomic mass is 9.97. The van der Waals surface area contributed by atoms with E-state index in [1.165, 1.54) is 16.6 Å². The highest BCUT2D eigenvalue weighted by atomic mass is 35.5. The molecule has 1 aliphatic rings. The Morgan fingerprint density at radius 3 is 2.71 bits per heavy atom. The van der Waals surface area contributed by atoms with E-state index in [-0.39, 0.29) is 17.2 Å². The summed E-state index contributed by atoms with van der Waals surface area (Å²) in [5.74, 6) is -0.0495. The number of aromatic nitrogens is 2.